The Morgan fingerprint density at radius 3 is 2.32 bits per heavy atom. The predicted octanol–water partition coefficient (Wildman–Crippen LogP) is 2.98. The molecule has 0 aliphatic heterocycles. The van der Waals surface area contributed by atoms with Crippen molar-refractivity contribution in [3.8, 4) is 5.69 Å². The van der Waals surface area contributed by atoms with Gasteiger partial charge >= 0.3 is 5.69 Å². The Balaban J connectivity index is 2.38. The average Bonchev–Trinajstić information content (AvgIpc) is 3.00. The second kappa shape index (κ2) is 6.70. The molecule has 0 saturated carbocycles. The lowest BCUT2D eigenvalue weighted by atomic mass is 10.1. The highest BCUT2D eigenvalue weighted by Gasteiger charge is 2.20. The van der Waals surface area contributed by atoms with Gasteiger partial charge in [0, 0.05) is 12.6 Å². The van der Waals surface area contributed by atoms with E-state index in [-0.39, 0.29) is 17.3 Å². The maximum Gasteiger partial charge on any atom is 0.337 e. The Labute approximate surface area is 146 Å². The molecule has 6 heteroatoms. The largest absolute Gasteiger partial charge is 0.337 e. The molecule has 0 spiro atoms. The molecule has 132 valence electrons. The summed E-state index contributed by atoms with van der Waals surface area (Å²) in [4.78, 5) is 30.5. The van der Waals surface area contributed by atoms with Gasteiger partial charge in [-0.2, -0.15) is 0 Å². The van der Waals surface area contributed by atoms with E-state index in [0.29, 0.717) is 29.3 Å². The lowest BCUT2D eigenvalue weighted by molar-refractivity contribution is 0.490. The van der Waals surface area contributed by atoms with Gasteiger partial charge in [0.1, 0.15) is 0 Å². The van der Waals surface area contributed by atoms with E-state index >= 15 is 0 Å². The highest BCUT2D eigenvalue weighted by molar-refractivity contribution is 5.72. The van der Waals surface area contributed by atoms with Crippen molar-refractivity contribution in [2.45, 2.75) is 46.7 Å². The monoisotopic (exact) mass is 340 g/mol. The number of aromatic nitrogens is 4. The molecule has 0 radical (unpaired) electrons. The van der Waals surface area contributed by atoms with Crippen molar-refractivity contribution in [2.24, 2.45) is 5.92 Å². The van der Waals surface area contributed by atoms with Crippen LogP contribution in [0.5, 0.6) is 0 Å². The fourth-order valence-corrected chi connectivity index (χ4v) is 2.93. The van der Waals surface area contributed by atoms with E-state index in [9.17, 15) is 9.59 Å². The fourth-order valence-electron chi connectivity index (χ4n) is 2.93. The number of hydrogen-bond acceptors (Lipinski definition) is 3. The van der Waals surface area contributed by atoms with Gasteiger partial charge in [-0.1, -0.05) is 32.0 Å². The zero-order valence-corrected chi connectivity index (χ0v) is 15.1. The Bertz CT molecular complexity index is 994. The predicted molar refractivity (Wildman–Crippen MR) is 99.4 cm³/mol. The molecule has 0 aliphatic carbocycles. The first kappa shape index (κ1) is 17.2. The number of rotatable bonds is 5. The van der Waals surface area contributed by atoms with E-state index in [4.69, 9.17) is 0 Å². The number of nitrogens with zero attached hydrogens (tertiary/aromatic N) is 4. The molecule has 0 amide bonds. The average molecular weight is 340 g/mol. The minimum atomic E-state index is -0.335. The van der Waals surface area contributed by atoms with E-state index in [2.05, 4.69) is 18.8 Å². The fraction of sp³-hybridized carbons (Fsp3) is 0.421. The summed E-state index contributed by atoms with van der Waals surface area (Å²) in [5.74, 6) is 0.405. The third-order valence-corrected chi connectivity index (χ3v) is 4.36. The highest BCUT2D eigenvalue weighted by Crippen LogP contribution is 2.16. The Hall–Kier alpha value is -2.63. The number of fused-ring (bicyclic) bond motifs is 1. The summed E-state index contributed by atoms with van der Waals surface area (Å²) in [6, 6.07) is 9.43. The van der Waals surface area contributed by atoms with Crippen molar-refractivity contribution in [1.82, 2.24) is 18.7 Å². The van der Waals surface area contributed by atoms with Gasteiger partial charge in [0.25, 0.3) is 5.56 Å². The summed E-state index contributed by atoms with van der Waals surface area (Å²) in [5, 5.41) is 0. The Morgan fingerprint density at radius 1 is 1.04 bits per heavy atom. The first-order valence-electron chi connectivity index (χ1n) is 8.69. The molecule has 0 bridgehead atoms. The van der Waals surface area contributed by atoms with Crippen LogP contribution in [0.4, 0.5) is 0 Å². The summed E-state index contributed by atoms with van der Waals surface area (Å²) in [5.41, 5.74) is 1.00. The van der Waals surface area contributed by atoms with Gasteiger partial charge in [-0.3, -0.25) is 9.36 Å². The van der Waals surface area contributed by atoms with Crippen molar-refractivity contribution in [3.63, 3.8) is 0 Å². The second-order valence-electron chi connectivity index (χ2n) is 7.01. The summed E-state index contributed by atoms with van der Waals surface area (Å²) in [6.07, 6.45) is 2.41. The van der Waals surface area contributed by atoms with Gasteiger partial charge in [-0.25, -0.2) is 14.3 Å². The Morgan fingerprint density at radius 2 is 1.72 bits per heavy atom. The molecule has 0 aliphatic rings. The minimum Gasteiger partial charge on any atom is -0.322 e. The lowest BCUT2D eigenvalue weighted by Gasteiger charge is -2.14. The molecular weight excluding hydrogens is 316 g/mol. The van der Waals surface area contributed by atoms with E-state index < -0.39 is 0 Å². The second-order valence-corrected chi connectivity index (χ2v) is 7.01. The summed E-state index contributed by atoms with van der Waals surface area (Å²) in [7, 11) is 0. The normalized spacial score (nSPS) is 11.8. The van der Waals surface area contributed by atoms with Crippen molar-refractivity contribution in [1.29, 1.82) is 0 Å². The number of imidazole rings is 1. The van der Waals surface area contributed by atoms with Crippen LogP contribution in [-0.4, -0.2) is 18.7 Å². The molecule has 2 heterocycles. The summed E-state index contributed by atoms with van der Waals surface area (Å²) >= 11 is 0. The first-order chi connectivity index (χ1) is 11.9. The molecule has 3 aromatic rings. The van der Waals surface area contributed by atoms with E-state index in [1.807, 2.05) is 48.7 Å². The van der Waals surface area contributed by atoms with E-state index in [1.165, 1.54) is 9.13 Å². The van der Waals surface area contributed by atoms with Gasteiger partial charge in [0.2, 0.25) is 0 Å². The zero-order chi connectivity index (χ0) is 18.1. The highest BCUT2D eigenvalue weighted by atomic mass is 16.2. The maximum absolute atomic E-state index is 13.1. The molecule has 2 aromatic heterocycles. The summed E-state index contributed by atoms with van der Waals surface area (Å²) in [6.45, 7) is 8.56. The van der Waals surface area contributed by atoms with Gasteiger partial charge in [0.05, 0.1) is 12.0 Å². The number of para-hydroxylation sites is 1. The third kappa shape index (κ3) is 3.04. The van der Waals surface area contributed by atoms with Crippen molar-refractivity contribution >= 4 is 11.2 Å². The molecule has 25 heavy (non-hydrogen) atoms. The maximum atomic E-state index is 13.1. The lowest BCUT2D eigenvalue weighted by Crippen LogP contribution is -2.40. The molecule has 0 atom stereocenters. The van der Waals surface area contributed by atoms with Crippen molar-refractivity contribution < 1.29 is 0 Å². The SMILES string of the molecule is CC(C)CCn1c(=O)c2c(ncn2C(C)C)n(-c2ccccc2)c1=O. The summed E-state index contributed by atoms with van der Waals surface area (Å²) < 4.78 is 4.72. The standard InChI is InChI=1S/C19H24N4O2/c1-13(2)10-11-21-18(24)16-17(20-12-22(16)14(3)4)23(19(21)25)15-8-6-5-7-9-15/h5-9,12-14H,10-11H2,1-4H3. The van der Waals surface area contributed by atoms with Crippen molar-refractivity contribution in [3.05, 3.63) is 57.5 Å². The van der Waals surface area contributed by atoms with Crippen LogP contribution >= 0.6 is 0 Å². The van der Waals surface area contributed by atoms with Gasteiger partial charge < -0.3 is 4.57 Å². The Kier molecular flexibility index (Phi) is 4.61. The quantitative estimate of drug-likeness (QED) is 0.717. The molecule has 0 saturated heterocycles. The van der Waals surface area contributed by atoms with Crippen LogP contribution in [0.25, 0.3) is 16.9 Å². The molecule has 0 N–H and O–H groups in total. The van der Waals surface area contributed by atoms with E-state index in [1.54, 1.807) is 6.33 Å². The molecular formula is C19H24N4O2. The zero-order valence-electron chi connectivity index (χ0n) is 15.1. The molecule has 3 rings (SSSR count). The molecule has 1 aromatic carbocycles. The van der Waals surface area contributed by atoms with Gasteiger partial charge in [-0.05, 0) is 38.3 Å². The first-order valence-corrected chi connectivity index (χ1v) is 8.69. The van der Waals surface area contributed by atoms with Crippen LogP contribution in [0, 0.1) is 5.92 Å². The van der Waals surface area contributed by atoms with Crippen LogP contribution in [0.2, 0.25) is 0 Å². The molecule has 0 unspecified atom stereocenters. The minimum absolute atomic E-state index is 0.0815. The number of hydrogen-bond donors (Lipinski definition) is 0. The van der Waals surface area contributed by atoms with Crippen LogP contribution in [0.1, 0.15) is 40.2 Å². The topological polar surface area (TPSA) is 61.8 Å². The van der Waals surface area contributed by atoms with Crippen molar-refractivity contribution in [2.75, 3.05) is 0 Å². The van der Waals surface area contributed by atoms with Crippen LogP contribution in [0.3, 0.4) is 0 Å². The van der Waals surface area contributed by atoms with Gasteiger partial charge in [-0.15, -0.1) is 0 Å². The number of benzene rings is 1. The van der Waals surface area contributed by atoms with Crippen LogP contribution in [-0.2, 0) is 6.54 Å². The molecule has 6 nitrogen and oxygen atoms in total. The third-order valence-electron chi connectivity index (χ3n) is 4.36. The smallest absolute Gasteiger partial charge is 0.322 e. The van der Waals surface area contributed by atoms with Crippen LogP contribution < -0.4 is 11.2 Å². The molecule has 0 fully saturated rings. The van der Waals surface area contributed by atoms with E-state index in [0.717, 1.165) is 6.42 Å². The van der Waals surface area contributed by atoms with Crippen LogP contribution in [0.15, 0.2) is 46.2 Å². The van der Waals surface area contributed by atoms with Gasteiger partial charge in [0.15, 0.2) is 11.2 Å².